The molecule has 150 valence electrons. The maximum atomic E-state index is 12.6. The van der Waals surface area contributed by atoms with Gasteiger partial charge in [0.1, 0.15) is 5.82 Å². The van der Waals surface area contributed by atoms with Crippen molar-refractivity contribution in [3.8, 4) is 0 Å². The summed E-state index contributed by atoms with van der Waals surface area (Å²) in [5.41, 5.74) is 2.75. The van der Waals surface area contributed by atoms with Crippen LogP contribution in [-0.2, 0) is 16.1 Å². The number of aromatic nitrogens is 2. The summed E-state index contributed by atoms with van der Waals surface area (Å²) in [7, 11) is 0. The quantitative estimate of drug-likeness (QED) is 0.632. The Balaban J connectivity index is 1.31. The topological polar surface area (TPSA) is 67.2 Å². The second-order valence-corrected chi connectivity index (χ2v) is 7.71. The first-order valence-electron chi connectivity index (χ1n) is 9.79. The highest BCUT2D eigenvalue weighted by molar-refractivity contribution is 6.33. The minimum absolute atomic E-state index is 0.0706. The molecule has 1 saturated heterocycles. The smallest absolute Gasteiger partial charge is 0.227 e. The Hall–Kier alpha value is -2.86. The van der Waals surface area contributed by atoms with Gasteiger partial charge in [-0.3, -0.25) is 9.59 Å². The van der Waals surface area contributed by atoms with Gasteiger partial charge in [0.2, 0.25) is 11.8 Å². The van der Waals surface area contributed by atoms with Crippen LogP contribution in [0.2, 0.25) is 5.02 Å². The molecule has 0 saturated carbocycles. The lowest BCUT2D eigenvalue weighted by molar-refractivity contribution is -0.126. The maximum absolute atomic E-state index is 12.6. The van der Waals surface area contributed by atoms with E-state index < -0.39 is 0 Å². The molecule has 2 aromatic carbocycles. The highest BCUT2D eigenvalue weighted by Crippen LogP contribution is 2.31. The molecule has 0 bridgehead atoms. The van der Waals surface area contributed by atoms with Crippen molar-refractivity contribution >= 4 is 40.1 Å². The molecular weight excluding hydrogens is 388 g/mol. The molecule has 7 heteroatoms. The van der Waals surface area contributed by atoms with Gasteiger partial charge in [-0.25, -0.2) is 4.98 Å². The number of carbonyl (C=O) groups excluding carboxylic acids is 2. The fourth-order valence-corrected chi connectivity index (χ4v) is 4.10. The fourth-order valence-electron chi connectivity index (χ4n) is 3.86. The molecule has 1 aliphatic rings. The molecule has 1 N–H and O–H groups in total. The minimum atomic E-state index is -0.352. The van der Waals surface area contributed by atoms with E-state index in [2.05, 4.69) is 20.9 Å². The van der Waals surface area contributed by atoms with Crippen molar-refractivity contribution in [3.05, 3.63) is 59.4 Å². The highest BCUT2D eigenvalue weighted by Gasteiger charge is 2.35. The lowest BCUT2D eigenvalue weighted by Gasteiger charge is -2.18. The van der Waals surface area contributed by atoms with Crippen LogP contribution in [0.4, 0.5) is 5.69 Å². The van der Waals surface area contributed by atoms with Crippen LogP contribution in [0.1, 0.15) is 18.7 Å². The number of amides is 2. The van der Waals surface area contributed by atoms with E-state index >= 15 is 0 Å². The second kappa shape index (κ2) is 8.25. The normalized spacial score (nSPS) is 16.6. The standard InChI is InChI=1S/C22H23ClN4O2/c1-15-25-18-8-3-5-10-20(18)26(15)12-6-11-24-22(29)16-13-21(28)27(14-16)19-9-4-2-7-17(19)23/h2-5,7-10,16H,6,11-14H2,1H3,(H,24,29). The van der Waals surface area contributed by atoms with Crippen LogP contribution >= 0.6 is 11.6 Å². The van der Waals surface area contributed by atoms with Gasteiger partial charge in [0.15, 0.2) is 0 Å². The van der Waals surface area contributed by atoms with Crippen molar-refractivity contribution in [3.63, 3.8) is 0 Å². The molecule has 2 heterocycles. The summed E-state index contributed by atoms with van der Waals surface area (Å²) in [6, 6.07) is 15.3. The number of fused-ring (bicyclic) bond motifs is 1. The Bertz CT molecular complexity index is 1060. The number of nitrogens with zero attached hydrogens (tertiary/aromatic N) is 3. The van der Waals surface area contributed by atoms with E-state index in [9.17, 15) is 9.59 Å². The van der Waals surface area contributed by atoms with Crippen molar-refractivity contribution < 1.29 is 9.59 Å². The Labute approximate surface area is 174 Å². The monoisotopic (exact) mass is 410 g/mol. The van der Waals surface area contributed by atoms with Crippen LogP contribution < -0.4 is 10.2 Å². The van der Waals surface area contributed by atoms with Gasteiger partial charge < -0.3 is 14.8 Å². The van der Waals surface area contributed by atoms with Crippen LogP contribution in [0, 0.1) is 12.8 Å². The van der Waals surface area contributed by atoms with E-state index in [1.54, 1.807) is 17.0 Å². The molecule has 1 atom stereocenters. The molecule has 0 spiro atoms. The number of rotatable bonds is 6. The summed E-state index contributed by atoms with van der Waals surface area (Å²) in [6.07, 6.45) is 1.00. The number of halogens is 1. The van der Waals surface area contributed by atoms with Gasteiger partial charge in [-0.05, 0) is 37.6 Å². The molecule has 0 radical (unpaired) electrons. The molecule has 29 heavy (non-hydrogen) atoms. The summed E-state index contributed by atoms with van der Waals surface area (Å²) in [4.78, 5) is 31.1. The van der Waals surface area contributed by atoms with Crippen LogP contribution in [0.15, 0.2) is 48.5 Å². The molecule has 1 aromatic heterocycles. The molecule has 1 unspecified atom stereocenters. The molecule has 0 aliphatic carbocycles. The summed E-state index contributed by atoms with van der Waals surface area (Å²) in [5, 5.41) is 3.50. The third-order valence-corrected chi connectivity index (χ3v) is 5.66. The Morgan fingerprint density at radius 2 is 1.97 bits per heavy atom. The molecule has 1 aliphatic heterocycles. The van der Waals surface area contributed by atoms with E-state index in [0.29, 0.717) is 23.8 Å². The van der Waals surface area contributed by atoms with Gasteiger partial charge in [0.05, 0.1) is 27.7 Å². The first-order chi connectivity index (χ1) is 14.0. The van der Waals surface area contributed by atoms with E-state index in [4.69, 9.17) is 11.6 Å². The number of imidazole rings is 1. The number of anilines is 1. The van der Waals surface area contributed by atoms with Gasteiger partial charge in [-0.1, -0.05) is 35.9 Å². The third-order valence-electron chi connectivity index (χ3n) is 5.34. The van der Waals surface area contributed by atoms with E-state index in [1.807, 2.05) is 37.3 Å². The van der Waals surface area contributed by atoms with Crippen molar-refractivity contribution in [2.75, 3.05) is 18.0 Å². The number of para-hydroxylation sites is 3. The summed E-state index contributed by atoms with van der Waals surface area (Å²) < 4.78 is 2.17. The molecule has 4 rings (SSSR count). The highest BCUT2D eigenvalue weighted by atomic mass is 35.5. The molecule has 6 nitrogen and oxygen atoms in total. The third kappa shape index (κ3) is 3.98. The predicted octanol–water partition coefficient (Wildman–Crippen LogP) is 3.56. The molecular formula is C22H23ClN4O2. The number of hydrogen-bond acceptors (Lipinski definition) is 3. The Morgan fingerprint density at radius 3 is 2.79 bits per heavy atom. The average Bonchev–Trinajstić information content (AvgIpc) is 3.25. The fraction of sp³-hybridized carbons (Fsp3) is 0.318. The second-order valence-electron chi connectivity index (χ2n) is 7.30. The molecule has 3 aromatic rings. The van der Waals surface area contributed by atoms with Crippen LogP contribution in [0.5, 0.6) is 0 Å². The van der Waals surface area contributed by atoms with Gasteiger partial charge in [0.25, 0.3) is 0 Å². The van der Waals surface area contributed by atoms with Gasteiger partial charge >= 0.3 is 0 Å². The van der Waals surface area contributed by atoms with Crippen molar-refractivity contribution in [2.24, 2.45) is 5.92 Å². The van der Waals surface area contributed by atoms with Crippen molar-refractivity contribution in [1.29, 1.82) is 0 Å². The SMILES string of the molecule is Cc1nc2ccccc2n1CCCNC(=O)C1CC(=O)N(c2ccccc2Cl)C1. The van der Waals surface area contributed by atoms with E-state index in [1.165, 1.54) is 0 Å². The summed E-state index contributed by atoms with van der Waals surface area (Å²) in [6.45, 7) is 3.69. The number of aryl methyl sites for hydroxylation is 2. The Morgan fingerprint density at radius 1 is 1.21 bits per heavy atom. The number of carbonyl (C=O) groups is 2. The van der Waals surface area contributed by atoms with Crippen LogP contribution in [0.3, 0.4) is 0 Å². The van der Waals surface area contributed by atoms with Crippen molar-refractivity contribution in [1.82, 2.24) is 14.9 Å². The minimum Gasteiger partial charge on any atom is -0.356 e. The largest absolute Gasteiger partial charge is 0.356 e. The van der Waals surface area contributed by atoms with E-state index in [-0.39, 0.29) is 24.2 Å². The lowest BCUT2D eigenvalue weighted by Crippen LogP contribution is -2.33. The number of benzene rings is 2. The zero-order valence-electron chi connectivity index (χ0n) is 16.3. The predicted molar refractivity (Wildman–Crippen MR) is 114 cm³/mol. The first kappa shape index (κ1) is 19.5. The van der Waals surface area contributed by atoms with E-state index in [0.717, 1.165) is 29.8 Å². The molecule has 1 fully saturated rings. The zero-order valence-corrected chi connectivity index (χ0v) is 17.0. The summed E-state index contributed by atoms with van der Waals surface area (Å²) in [5.74, 6) is 0.461. The van der Waals surface area contributed by atoms with Gasteiger partial charge in [0, 0.05) is 26.1 Å². The van der Waals surface area contributed by atoms with Crippen LogP contribution in [0.25, 0.3) is 11.0 Å². The van der Waals surface area contributed by atoms with Crippen LogP contribution in [-0.4, -0.2) is 34.5 Å². The maximum Gasteiger partial charge on any atom is 0.227 e. The zero-order chi connectivity index (χ0) is 20.4. The lowest BCUT2D eigenvalue weighted by atomic mass is 10.1. The molecule has 2 amide bonds. The first-order valence-corrected chi connectivity index (χ1v) is 10.2. The Kier molecular flexibility index (Phi) is 5.53. The van der Waals surface area contributed by atoms with Crippen molar-refractivity contribution in [2.45, 2.75) is 26.3 Å². The number of nitrogens with one attached hydrogen (secondary N) is 1. The van der Waals surface area contributed by atoms with Gasteiger partial charge in [-0.2, -0.15) is 0 Å². The number of hydrogen-bond donors (Lipinski definition) is 1. The summed E-state index contributed by atoms with van der Waals surface area (Å²) >= 11 is 6.20. The average molecular weight is 411 g/mol. The van der Waals surface area contributed by atoms with Gasteiger partial charge in [-0.15, -0.1) is 0 Å².